The third-order valence-corrected chi connectivity index (χ3v) is 5.82. The molecule has 0 bridgehead atoms. The van der Waals surface area contributed by atoms with Crippen LogP contribution in [0.15, 0.2) is 46.0 Å². The number of aliphatic hydroxyl groups excluding tert-OH is 1. The third-order valence-electron chi connectivity index (χ3n) is 5.82. The summed E-state index contributed by atoms with van der Waals surface area (Å²) in [5.74, 6) is -1.08. The summed E-state index contributed by atoms with van der Waals surface area (Å²) in [6.45, 7) is 14.5. The van der Waals surface area contributed by atoms with E-state index in [4.69, 9.17) is 4.74 Å². The van der Waals surface area contributed by atoms with Gasteiger partial charge in [-0.25, -0.2) is 0 Å². The molecule has 5 nitrogen and oxygen atoms in total. The molecule has 0 unspecified atom stereocenters. The molecule has 2 aliphatic rings. The molecule has 1 fully saturated rings. The molecule has 0 aromatic heterocycles. The number of rotatable bonds is 7. The normalized spacial score (nSPS) is 24.1. The first-order valence-electron chi connectivity index (χ1n) is 10.6. The van der Waals surface area contributed by atoms with E-state index in [-0.39, 0.29) is 23.5 Å². The van der Waals surface area contributed by atoms with E-state index in [2.05, 4.69) is 0 Å². The van der Waals surface area contributed by atoms with Gasteiger partial charge < -0.3 is 14.9 Å². The maximum atomic E-state index is 13.8. The molecule has 2 atom stereocenters. The molecule has 1 heterocycles. The van der Waals surface area contributed by atoms with Gasteiger partial charge in [-0.3, -0.25) is 9.59 Å². The van der Waals surface area contributed by atoms with Crippen LogP contribution in [0.2, 0.25) is 0 Å². The first-order valence-corrected chi connectivity index (χ1v) is 10.6. The molecule has 0 radical (unpaired) electrons. The summed E-state index contributed by atoms with van der Waals surface area (Å²) in [7, 11) is 0. The largest absolute Gasteiger partial charge is 0.507 e. The molecule has 1 aliphatic carbocycles. The van der Waals surface area contributed by atoms with Crippen LogP contribution in [0.4, 0.5) is 0 Å². The first kappa shape index (κ1) is 24.1. The molecule has 2 N–H and O–H groups in total. The van der Waals surface area contributed by atoms with E-state index in [1.807, 2.05) is 39.8 Å². The Bertz CT molecular complexity index is 852. The fourth-order valence-corrected chi connectivity index (χ4v) is 3.92. The average Bonchev–Trinajstić information content (AvgIpc) is 3.01. The van der Waals surface area contributed by atoms with E-state index in [1.54, 1.807) is 27.7 Å². The van der Waals surface area contributed by atoms with Gasteiger partial charge in [-0.2, -0.15) is 0 Å². The van der Waals surface area contributed by atoms with Gasteiger partial charge in [0.2, 0.25) is 0 Å². The van der Waals surface area contributed by atoms with Crippen LogP contribution < -0.4 is 0 Å². The smallest absolute Gasteiger partial charge is 0.184 e. The first-order chi connectivity index (χ1) is 13.7. The summed E-state index contributed by atoms with van der Waals surface area (Å²) >= 11 is 0. The highest BCUT2D eigenvalue weighted by molar-refractivity contribution is 6.25. The van der Waals surface area contributed by atoms with Crippen molar-refractivity contribution in [2.45, 2.75) is 86.4 Å². The van der Waals surface area contributed by atoms with Crippen LogP contribution in [-0.2, 0) is 14.3 Å². The van der Waals surface area contributed by atoms with Crippen molar-refractivity contribution in [3.8, 4) is 0 Å². The SMILES string of the molecule is CC(C)=CCC1=C2O[C@@H](C(C)(C)O)C[C@@]2(CC=C(C)C)C(=O)C(C(=O)C(C)C)=C1O. The van der Waals surface area contributed by atoms with Gasteiger partial charge in [0.15, 0.2) is 11.6 Å². The van der Waals surface area contributed by atoms with Crippen LogP contribution in [0, 0.1) is 11.3 Å². The molecular weight excluding hydrogens is 380 g/mol. The molecule has 0 aromatic carbocycles. The fourth-order valence-electron chi connectivity index (χ4n) is 3.92. The second kappa shape index (κ2) is 8.54. The van der Waals surface area contributed by atoms with Crippen LogP contribution in [0.5, 0.6) is 0 Å². The predicted molar refractivity (Wildman–Crippen MR) is 118 cm³/mol. The van der Waals surface area contributed by atoms with E-state index in [0.717, 1.165) is 11.1 Å². The zero-order valence-corrected chi connectivity index (χ0v) is 19.5. The summed E-state index contributed by atoms with van der Waals surface area (Å²) < 4.78 is 6.18. The molecule has 0 saturated carbocycles. The molecule has 1 saturated heterocycles. The number of carbonyl (C=O) groups is 2. The van der Waals surface area contributed by atoms with E-state index in [9.17, 15) is 19.8 Å². The molecule has 0 spiro atoms. The van der Waals surface area contributed by atoms with Crippen molar-refractivity contribution >= 4 is 11.6 Å². The minimum atomic E-state index is -1.18. The zero-order valence-electron chi connectivity index (χ0n) is 19.5. The van der Waals surface area contributed by atoms with Crippen molar-refractivity contribution in [2.24, 2.45) is 11.3 Å². The van der Waals surface area contributed by atoms with Crippen molar-refractivity contribution in [2.75, 3.05) is 0 Å². The maximum Gasteiger partial charge on any atom is 0.184 e. The highest BCUT2D eigenvalue weighted by atomic mass is 16.5. The monoisotopic (exact) mass is 416 g/mol. The van der Waals surface area contributed by atoms with Gasteiger partial charge >= 0.3 is 0 Å². The number of Topliss-reactive ketones (excluding diaryl/α,β-unsaturated/α-hetero) is 2. The minimum absolute atomic E-state index is 0.131. The van der Waals surface area contributed by atoms with E-state index in [1.165, 1.54) is 0 Å². The number of ketones is 2. The van der Waals surface area contributed by atoms with Crippen molar-refractivity contribution in [3.05, 3.63) is 46.0 Å². The molecule has 1 aliphatic heterocycles. The van der Waals surface area contributed by atoms with Gasteiger partial charge in [-0.15, -0.1) is 0 Å². The molecule has 0 amide bonds. The Morgan fingerprint density at radius 3 is 2.23 bits per heavy atom. The molecular formula is C25H36O5. The topological polar surface area (TPSA) is 83.8 Å². The lowest BCUT2D eigenvalue weighted by atomic mass is 9.66. The second-order valence-electron chi connectivity index (χ2n) is 9.90. The van der Waals surface area contributed by atoms with E-state index >= 15 is 0 Å². The van der Waals surface area contributed by atoms with Gasteiger partial charge in [0.25, 0.3) is 0 Å². The lowest BCUT2D eigenvalue weighted by molar-refractivity contribution is -0.128. The van der Waals surface area contributed by atoms with Gasteiger partial charge in [-0.1, -0.05) is 37.1 Å². The van der Waals surface area contributed by atoms with Gasteiger partial charge in [0.05, 0.1) is 11.0 Å². The Hall–Kier alpha value is -2.14. The van der Waals surface area contributed by atoms with Crippen LogP contribution in [0.1, 0.15) is 74.7 Å². The lowest BCUT2D eigenvalue weighted by Gasteiger charge is -2.33. The molecule has 30 heavy (non-hydrogen) atoms. The van der Waals surface area contributed by atoms with Gasteiger partial charge in [0.1, 0.15) is 23.2 Å². The number of hydrogen-bond donors (Lipinski definition) is 2. The number of hydrogen-bond acceptors (Lipinski definition) is 5. The van der Waals surface area contributed by atoms with E-state index < -0.39 is 28.8 Å². The van der Waals surface area contributed by atoms with Crippen molar-refractivity contribution in [1.29, 1.82) is 0 Å². The van der Waals surface area contributed by atoms with Crippen molar-refractivity contribution < 1.29 is 24.5 Å². The zero-order chi connectivity index (χ0) is 23.0. The predicted octanol–water partition coefficient (Wildman–Crippen LogP) is 5.12. The number of fused-ring (bicyclic) bond motifs is 1. The summed E-state index contributed by atoms with van der Waals surface area (Å²) in [6, 6.07) is 0. The van der Waals surface area contributed by atoms with Gasteiger partial charge in [-0.05, 0) is 54.4 Å². The summed E-state index contributed by atoms with van der Waals surface area (Å²) in [5.41, 5.74) is 0.156. The van der Waals surface area contributed by atoms with Crippen LogP contribution >= 0.6 is 0 Å². The minimum Gasteiger partial charge on any atom is -0.507 e. The highest BCUT2D eigenvalue weighted by Crippen LogP contribution is 2.55. The van der Waals surface area contributed by atoms with Crippen molar-refractivity contribution in [3.63, 3.8) is 0 Å². The van der Waals surface area contributed by atoms with Gasteiger partial charge in [0, 0.05) is 17.9 Å². The number of carbonyl (C=O) groups excluding carboxylic acids is 2. The van der Waals surface area contributed by atoms with Crippen molar-refractivity contribution in [1.82, 2.24) is 0 Å². The van der Waals surface area contributed by atoms with E-state index in [0.29, 0.717) is 24.2 Å². The molecule has 0 aromatic rings. The quantitative estimate of drug-likeness (QED) is 0.444. The second-order valence-corrected chi connectivity index (χ2v) is 9.90. The highest BCUT2D eigenvalue weighted by Gasteiger charge is 2.59. The molecule has 2 rings (SSSR count). The molecule has 166 valence electrons. The number of aliphatic hydroxyl groups is 2. The Balaban J connectivity index is 2.80. The number of allylic oxidation sites excluding steroid dienone is 7. The standard InChI is InChI=1S/C25H36O5/c1-14(2)9-10-17-21(27)19(20(26)16(5)6)22(28)25(12-11-15(3)4)13-18(24(7,8)29)30-23(17)25/h9,11,16,18,27,29H,10,12-13H2,1-8H3/t18-,25+/m1/s1. The average molecular weight is 417 g/mol. The van der Waals surface area contributed by atoms with Crippen LogP contribution in [-0.4, -0.2) is 33.5 Å². The maximum absolute atomic E-state index is 13.8. The van der Waals surface area contributed by atoms with Crippen LogP contribution in [0.3, 0.4) is 0 Å². The number of ether oxygens (including phenoxy) is 1. The fraction of sp³-hybridized carbons (Fsp3) is 0.600. The Labute approximate surface area is 180 Å². The summed E-state index contributed by atoms with van der Waals surface area (Å²) in [4.78, 5) is 26.7. The van der Waals surface area contributed by atoms with Crippen LogP contribution in [0.25, 0.3) is 0 Å². The Morgan fingerprint density at radius 1 is 1.20 bits per heavy atom. The summed E-state index contributed by atoms with van der Waals surface area (Å²) in [5, 5.41) is 21.7. The summed E-state index contributed by atoms with van der Waals surface area (Å²) in [6.07, 6.45) is 4.25. The third kappa shape index (κ3) is 4.46. The molecule has 5 heteroatoms. The Kier molecular flexibility index (Phi) is 6.87. The lowest BCUT2D eigenvalue weighted by Crippen LogP contribution is -2.41. The Morgan fingerprint density at radius 2 is 1.77 bits per heavy atom.